The molecule has 0 spiro atoms. The van der Waals surface area contributed by atoms with Crippen molar-refractivity contribution in [3.8, 4) is 6.07 Å². The van der Waals surface area contributed by atoms with Gasteiger partial charge in [-0.1, -0.05) is 6.07 Å². The van der Waals surface area contributed by atoms with Crippen molar-refractivity contribution in [3.05, 3.63) is 39.4 Å². The van der Waals surface area contributed by atoms with Gasteiger partial charge in [-0.05, 0) is 24.5 Å². The van der Waals surface area contributed by atoms with E-state index in [2.05, 4.69) is 6.07 Å². The Balaban J connectivity index is 2.05. The molecule has 0 atom stereocenters. The number of benzene rings is 1. The molecule has 1 aromatic carbocycles. The van der Waals surface area contributed by atoms with Gasteiger partial charge in [-0.25, -0.2) is 0 Å². The van der Waals surface area contributed by atoms with Crippen LogP contribution in [0.4, 0.5) is 5.69 Å². The average Bonchev–Trinajstić information content (AvgIpc) is 3.04. The molecule has 98 valence electrons. The molecule has 0 aromatic heterocycles. The van der Waals surface area contributed by atoms with Gasteiger partial charge in [-0.2, -0.15) is 5.26 Å². The normalized spacial score (nSPS) is 21.0. The zero-order valence-electron chi connectivity index (χ0n) is 10.2. The van der Waals surface area contributed by atoms with Crippen molar-refractivity contribution in [3.63, 3.8) is 0 Å². The highest BCUT2D eigenvalue weighted by Crippen LogP contribution is 2.49. The van der Waals surface area contributed by atoms with Crippen molar-refractivity contribution < 1.29 is 14.4 Å². The molecule has 1 saturated carbocycles. The van der Waals surface area contributed by atoms with Crippen LogP contribution < -0.4 is 0 Å². The van der Waals surface area contributed by atoms with Crippen molar-refractivity contribution in [2.24, 2.45) is 0 Å². The topological polar surface area (TPSA) is 85.4 Å². The Labute approximate surface area is 109 Å². The molecule has 3 rings (SSSR count). The van der Waals surface area contributed by atoms with Gasteiger partial charge in [-0.15, -0.1) is 0 Å². The Morgan fingerprint density at radius 3 is 2.58 bits per heavy atom. The molecule has 0 amide bonds. The van der Waals surface area contributed by atoms with Crippen LogP contribution in [0.15, 0.2) is 18.2 Å². The minimum Gasteiger partial charge on any atom is -0.346 e. The summed E-state index contributed by atoms with van der Waals surface area (Å²) >= 11 is 0. The number of hydrogen-bond acceptors (Lipinski definition) is 5. The van der Waals surface area contributed by atoms with E-state index in [-0.39, 0.29) is 5.69 Å². The first-order valence-corrected chi connectivity index (χ1v) is 6.09. The zero-order chi connectivity index (χ0) is 13.5. The smallest absolute Gasteiger partial charge is 0.277 e. The summed E-state index contributed by atoms with van der Waals surface area (Å²) < 4.78 is 10.7. The SMILES string of the molecule is N#CC1(c2ccc([N+](=O)[O-])c(C3OCCO3)c2)CC1. The van der Waals surface area contributed by atoms with Gasteiger partial charge in [0.2, 0.25) is 0 Å². The number of ether oxygens (including phenoxy) is 2. The number of nitro groups is 1. The van der Waals surface area contributed by atoms with Crippen LogP contribution in [0.25, 0.3) is 0 Å². The lowest BCUT2D eigenvalue weighted by molar-refractivity contribution is -0.386. The molecule has 1 saturated heterocycles. The largest absolute Gasteiger partial charge is 0.346 e. The molecule has 1 aromatic rings. The number of hydrogen-bond donors (Lipinski definition) is 0. The first-order chi connectivity index (χ1) is 9.16. The molecule has 0 unspecified atom stereocenters. The van der Waals surface area contributed by atoms with E-state index < -0.39 is 16.6 Å². The van der Waals surface area contributed by atoms with Gasteiger partial charge in [0.05, 0.1) is 35.2 Å². The van der Waals surface area contributed by atoms with Crippen LogP contribution in [0.5, 0.6) is 0 Å². The molecule has 1 aliphatic heterocycles. The molecule has 0 bridgehead atoms. The van der Waals surface area contributed by atoms with E-state index >= 15 is 0 Å². The highest BCUT2D eigenvalue weighted by atomic mass is 16.7. The van der Waals surface area contributed by atoms with Crippen LogP contribution >= 0.6 is 0 Å². The summed E-state index contributed by atoms with van der Waals surface area (Å²) in [6, 6.07) is 7.07. The summed E-state index contributed by atoms with van der Waals surface area (Å²) in [6.07, 6.45) is 0.898. The second-order valence-corrected chi connectivity index (χ2v) is 4.80. The van der Waals surface area contributed by atoms with Crippen LogP contribution in [0.3, 0.4) is 0 Å². The molecule has 2 aliphatic rings. The quantitative estimate of drug-likeness (QED) is 0.614. The fraction of sp³-hybridized carbons (Fsp3) is 0.462. The van der Waals surface area contributed by atoms with Crippen LogP contribution in [0.1, 0.15) is 30.3 Å². The van der Waals surface area contributed by atoms with Crippen molar-refractivity contribution in [2.45, 2.75) is 24.5 Å². The lowest BCUT2D eigenvalue weighted by atomic mass is 9.95. The third-order valence-corrected chi connectivity index (χ3v) is 3.62. The highest BCUT2D eigenvalue weighted by molar-refractivity contribution is 5.49. The minimum absolute atomic E-state index is 0.0237. The van der Waals surface area contributed by atoms with Gasteiger partial charge in [0.15, 0.2) is 6.29 Å². The van der Waals surface area contributed by atoms with Crippen molar-refractivity contribution >= 4 is 5.69 Å². The Morgan fingerprint density at radius 2 is 2.05 bits per heavy atom. The van der Waals surface area contributed by atoms with Gasteiger partial charge < -0.3 is 9.47 Å². The standard InChI is InChI=1S/C13H12N2O4/c14-8-13(3-4-13)9-1-2-11(15(16)17)10(7-9)12-18-5-6-19-12/h1-2,7,12H,3-6H2. The molecule has 0 radical (unpaired) electrons. The van der Waals surface area contributed by atoms with Crippen molar-refractivity contribution in [1.82, 2.24) is 0 Å². The molecular weight excluding hydrogens is 248 g/mol. The summed E-state index contributed by atoms with van der Waals surface area (Å²) in [6.45, 7) is 0.852. The first kappa shape index (κ1) is 12.1. The van der Waals surface area contributed by atoms with E-state index in [1.165, 1.54) is 6.07 Å². The summed E-state index contributed by atoms with van der Waals surface area (Å²) in [4.78, 5) is 10.6. The predicted molar refractivity (Wildman–Crippen MR) is 64.3 cm³/mol. The molecule has 6 heteroatoms. The van der Waals surface area contributed by atoms with E-state index in [9.17, 15) is 15.4 Å². The molecule has 2 fully saturated rings. The molecule has 1 aliphatic carbocycles. The summed E-state index contributed by atoms with van der Waals surface area (Å²) in [5.74, 6) is 0. The Hall–Kier alpha value is -1.97. The number of nitrogens with zero attached hydrogens (tertiary/aromatic N) is 2. The van der Waals surface area contributed by atoms with Crippen LogP contribution in [0, 0.1) is 21.4 Å². The summed E-state index contributed by atoms with van der Waals surface area (Å²) in [5, 5.41) is 20.3. The van der Waals surface area contributed by atoms with E-state index in [0.717, 1.165) is 18.4 Å². The van der Waals surface area contributed by atoms with E-state index in [1.54, 1.807) is 12.1 Å². The third-order valence-electron chi connectivity index (χ3n) is 3.62. The monoisotopic (exact) mass is 260 g/mol. The fourth-order valence-electron chi connectivity index (χ4n) is 2.34. The molecule has 19 heavy (non-hydrogen) atoms. The maximum absolute atomic E-state index is 11.1. The van der Waals surface area contributed by atoms with E-state index in [4.69, 9.17) is 9.47 Å². The summed E-state index contributed by atoms with van der Waals surface area (Å²) in [5.41, 5.74) is 0.725. The Kier molecular flexibility index (Phi) is 2.73. The average molecular weight is 260 g/mol. The van der Waals surface area contributed by atoms with Crippen molar-refractivity contribution in [1.29, 1.82) is 5.26 Å². The first-order valence-electron chi connectivity index (χ1n) is 6.09. The van der Waals surface area contributed by atoms with Crippen molar-refractivity contribution in [2.75, 3.05) is 13.2 Å². The third kappa shape index (κ3) is 1.97. The maximum atomic E-state index is 11.1. The van der Waals surface area contributed by atoms with E-state index in [1.807, 2.05) is 0 Å². The predicted octanol–water partition coefficient (Wildman–Crippen LogP) is 2.20. The zero-order valence-corrected chi connectivity index (χ0v) is 10.2. The Bertz CT molecular complexity index is 568. The van der Waals surface area contributed by atoms with E-state index in [0.29, 0.717) is 18.8 Å². The van der Waals surface area contributed by atoms with Gasteiger partial charge in [0.25, 0.3) is 5.69 Å². The number of nitro benzene ring substituents is 1. The second-order valence-electron chi connectivity index (χ2n) is 4.80. The Morgan fingerprint density at radius 1 is 1.37 bits per heavy atom. The maximum Gasteiger partial charge on any atom is 0.277 e. The molecule has 1 heterocycles. The molecule has 0 N–H and O–H groups in total. The number of nitriles is 1. The lowest BCUT2D eigenvalue weighted by Crippen LogP contribution is -2.08. The van der Waals surface area contributed by atoms with Gasteiger partial charge >= 0.3 is 0 Å². The molecule has 6 nitrogen and oxygen atoms in total. The van der Waals surface area contributed by atoms with Gasteiger partial charge in [0, 0.05) is 6.07 Å². The highest BCUT2D eigenvalue weighted by Gasteiger charge is 2.45. The molecular formula is C13H12N2O4. The van der Waals surface area contributed by atoms with Crippen LogP contribution in [-0.2, 0) is 14.9 Å². The fourth-order valence-corrected chi connectivity index (χ4v) is 2.34. The summed E-state index contributed by atoms with van der Waals surface area (Å²) in [7, 11) is 0. The van der Waals surface area contributed by atoms with Crippen LogP contribution in [0.2, 0.25) is 0 Å². The number of rotatable bonds is 3. The lowest BCUT2D eigenvalue weighted by Gasteiger charge is -2.13. The van der Waals surface area contributed by atoms with Gasteiger partial charge in [0.1, 0.15) is 0 Å². The minimum atomic E-state index is -0.699. The second kappa shape index (κ2) is 4.30. The van der Waals surface area contributed by atoms with Crippen LogP contribution in [-0.4, -0.2) is 18.1 Å². The van der Waals surface area contributed by atoms with Gasteiger partial charge in [-0.3, -0.25) is 10.1 Å².